The van der Waals surface area contributed by atoms with E-state index in [0.717, 1.165) is 12.2 Å². The molecule has 0 unspecified atom stereocenters. The summed E-state index contributed by atoms with van der Waals surface area (Å²) in [7, 11) is 0. The minimum Gasteiger partial charge on any atom is -0.481 e. The van der Waals surface area contributed by atoms with E-state index in [9.17, 15) is 38.4 Å². The summed E-state index contributed by atoms with van der Waals surface area (Å²) in [6.07, 6.45) is -2.16. The Morgan fingerprint density at radius 2 is 1.06 bits per heavy atom. The molecule has 0 atom stereocenters. The van der Waals surface area contributed by atoms with Crippen LogP contribution in [-0.2, 0) is 38.4 Å². The van der Waals surface area contributed by atoms with Gasteiger partial charge in [-0.3, -0.25) is 43.3 Å². The van der Waals surface area contributed by atoms with Crippen LogP contribution in [-0.4, -0.2) is 85.6 Å². The molecule has 32 heavy (non-hydrogen) atoms. The number of amides is 6. The fraction of sp³-hybridized carbons (Fsp3) is 0.444. The van der Waals surface area contributed by atoms with E-state index in [1.54, 1.807) is 0 Å². The standard InChI is InChI=1S/C18H22N4O10/c19-9-7-15(27)21(13(25)3-5-17(29)30)22(14(26)4-6-18(31)32)16(28)8-10-20-11(23)1-2-12(20)24/h1-2H,3-10,19H2,(H,29,30)(H,31,32). The minimum atomic E-state index is -1.39. The molecule has 0 aliphatic carbocycles. The first kappa shape index (κ1) is 26.1. The first-order valence-corrected chi connectivity index (χ1v) is 9.38. The van der Waals surface area contributed by atoms with Gasteiger partial charge in [0.05, 0.1) is 12.8 Å². The van der Waals surface area contributed by atoms with Gasteiger partial charge in [0.25, 0.3) is 17.7 Å². The second kappa shape index (κ2) is 12.0. The molecule has 0 aromatic heterocycles. The molecule has 14 heteroatoms. The van der Waals surface area contributed by atoms with Gasteiger partial charge < -0.3 is 15.9 Å². The highest BCUT2D eigenvalue weighted by molar-refractivity contribution is 6.13. The highest BCUT2D eigenvalue weighted by atomic mass is 16.4. The molecule has 14 nitrogen and oxygen atoms in total. The highest BCUT2D eigenvalue weighted by Gasteiger charge is 2.36. The second-order valence-electron chi connectivity index (χ2n) is 6.44. The molecule has 0 fully saturated rings. The molecule has 1 aliphatic heterocycles. The fourth-order valence-corrected chi connectivity index (χ4v) is 2.56. The normalized spacial score (nSPS) is 12.6. The highest BCUT2D eigenvalue weighted by Crippen LogP contribution is 2.13. The number of hydrogen-bond donors (Lipinski definition) is 3. The van der Waals surface area contributed by atoms with E-state index in [4.69, 9.17) is 15.9 Å². The molecule has 0 spiro atoms. The number of imide groups is 3. The summed E-state index contributed by atoms with van der Waals surface area (Å²) in [6, 6.07) is 0. The molecule has 174 valence electrons. The summed E-state index contributed by atoms with van der Waals surface area (Å²) < 4.78 is 0. The van der Waals surface area contributed by atoms with Gasteiger partial charge in [-0.2, -0.15) is 10.0 Å². The van der Waals surface area contributed by atoms with Crippen molar-refractivity contribution in [3.63, 3.8) is 0 Å². The maximum Gasteiger partial charge on any atom is 0.303 e. The van der Waals surface area contributed by atoms with Crippen LogP contribution < -0.4 is 5.73 Å². The Morgan fingerprint density at radius 1 is 0.688 bits per heavy atom. The maximum atomic E-state index is 12.8. The average Bonchev–Trinajstić information content (AvgIpc) is 3.03. The van der Waals surface area contributed by atoms with E-state index in [-0.39, 0.29) is 16.6 Å². The molecule has 4 N–H and O–H groups in total. The van der Waals surface area contributed by atoms with Crippen molar-refractivity contribution in [1.82, 2.24) is 14.9 Å². The molecule has 0 aromatic rings. The van der Waals surface area contributed by atoms with Crippen LogP contribution in [0.5, 0.6) is 0 Å². The molecule has 6 amide bonds. The van der Waals surface area contributed by atoms with Crippen LogP contribution in [0.3, 0.4) is 0 Å². The largest absolute Gasteiger partial charge is 0.481 e. The van der Waals surface area contributed by atoms with Gasteiger partial charge in [0.1, 0.15) is 0 Å². The Bertz CT molecular complexity index is 848. The Morgan fingerprint density at radius 3 is 1.44 bits per heavy atom. The Hall–Kier alpha value is -3.94. The van der Waals surface area contributed by atoms with E-state index in [0.29, 0.717) is 4.90 Å². The molecular formula is C18H22N4O10. The topological polar surface area (TPSA) is 213 Å². The molecule has 1 rings (SSSR count). The van der Waals surface area contributed by atoms with Crippen LogP contribution >= 0.6 is 0 Å². The lowest BCUT2D eigenvalue weighted by Gasteiger charge is -2.32. The minimum absolute atomic E-state index is 0.129. The third-order valence-corrected chi connectivity index (χ3v) is 4.06. The van der Waals surface area contributed by atoms with Crippen molar-refractivity contribution in [2.75, 3.05) is 13.1 Å². The zero-order valence-electron chi connectivity index (χ0n) is 16.9. The first-order chi connectivity index (χ1) is 15.0. The summed E-state index contributed by atoms with van der Waals surface area (Å²) in [6.45, 7) is -0.746. The number of hydrazine groups is 1. The lowest BCUT2D eigenvalue weighted by Crippen LogP contribution is -2.56. The van der Waals surface area contributed by atoms with Gasteiger partial charge in [-0.1, -0.05) is 0 Å². The van der Waals surface area contributed by atoms with Crippen LogP contribution in [0.2, 0.25) is 0 Å². The van der Waals surface area contributed by atoms with Crippen molar-refractivity contribution in [2.24, 2.45) is 5.73 Å². The number of carbonyl (C=O) groups excluding carboxylic acids is 6. The predicted octanol–water partition coefficient (Wildman–Crippen LogP) is -1.99. The van der Waals surface area contributed by atoms with E-state index in [1.165, 1.54) is 0 Å². The number of carbonyl (C=O) groups is 8. The second-order valence-corrected chi connectivity index (χ2v) is 6.44. The zero-order chi connectivity index (χ0) is 24.4. The van der Waals surface area contributed by atoms with Gasteiger partial charge in [-0.25, -0.2) is 0 Å². The van der Waals surface area contributed by atoms with Crippen LogP contribution in [0.15, 0.2) is 12.2 Å². The quantitative estimate of drug-likeness (QED) is 0.229. The molecular weight excluding hydrogens is 432 g/mol. The van der Waals surface area contributed by atoms with Crippen LogP contribution in [0.25, 0.3) is 0 Å². The molecule has 0 saturated heterocycles. The van der Waals surface area contributed by atoms with Gasteiger partial charge >= 0.3 is 11.9 Å². The average molecular weight is 454 g/mol. The third kappa shape index (κ3) is 7.39. The van der Waals surface area contributed by atoms with Crippen molar-refractivity contribution < 1.29 is 48.6 Å². The number of hydrogen-bond acceptors (Lipinski definition) is 9. The Labute approximate surface area is 181 Å². The van der Waals surface area contributed by atoms with Gasteiger partial charge in [0.2, 0.25) is 17.7 Å². The summed E-state index contributed by atoms with van der Waals surface area (Å²) in [4.78, 5) is 95.9. The lowest BCUT2D eigenvalue weighted by molar-refractivity contribution is -0.181. The third-order valence-electron chi connectivity index (χ3n) is 4.06. The van der Waals surface area contributed by atoms with Gasteiger partial charge in [-0.15, -0.1) is 0 Å². The molecule has 1 heterocycles. The first-order valence-electron chi connectivity index (χ1n) is 9.38. The molecule has 0 radical (unpaired) electrons. The fourth-order valence-electron chi connectivity index (χ4n) is 2.56. The van der Waals surface area contributed by atoms with Gasteiger partial charge in [-0.05, 0) is 0 Å². The van der Waals surface area contributed by atoms with Crippen LogP contribution in [0.4, 0.5) is 0 Å². The summed E-state index contributed by atoms with van der Waals surface area (Å²) >= 11 is 0. The number of nitrogens with two attached hydrogens (primary N) is 1. The number of rotatable bonds is 11. The summed E-state index contributed by atoms with van der Waals surface area (Å²) in [5, 5.41) is 17.9. The van der Waals surface area contributed by atoms with E-state index in [2.05, 4.69) is 0 Å². The number of carboxylic acids is 2. The monoisotopic (exact) mass is 454 g/mol. The van der Waals surface area contributed by atoms with E-state index >= 15 is 0 Å². The van der Waals surface area contributed by atoms with Crippen molar-refractivity contribution in [2.45, 2.75) is 38.5 Å². The summed E-state index contributed by atoms with van der Waals surface area (Å²) in [5.74, 6) is -8.86. The Balaban J connectivity index is 3.19. The number of nitrogens with zero attached hydrogens (tertiary/aromatic N) is 3. The molecule has 0 aromatic carbocycles. The lowest BCUT2D eigenvalue weighted by atomic mass is 10.2. The SMILES string of the molecule is NCCC(=O)N(C(=O)CCC(=O)O)N(C(=O)CCC(=O)O)C(=O)CCN1C(=O)C=CC1=O. The van der Waals surface area contributed by atoms with Crippen molar-refractivity contribution in [1.29, 1.82) is 0 Å². The van der Waals surface area contributed by atoms with Gasteiger partial charge in [0.15, 0.2) is 0 Å². The smallest absolute Gasteiger partial charge is 0.303 e. The van der Waals surface area contributed by atoms with Gasteiger partial charge in [0, 0.05) is 50.9 Å². The molecule has 0 saturated carbocycles. The van der Waals surface area contributed by atoms with Crippen molar-refractivity contribution >= 4 is 47.4 Å². The van der Waals surface area contributed by atoms with Crippen molar-refractivity contribution in [3.05, 3.63) is 12.2 Å². The van der Waals surface area contributed by atoms with Crippen LogP contribution in [0, 0.1) is 0 Å². The van der Waals surface area contributed by atoms with E-state index in [1.807, 2.05) is 0 Å². The van der Waals surface area contributed by atoms with E-state index < -0.39 is 92.5 Å². The molecule has 1 aliphatic rings. The number of carboxylic acid groups (broad SMARTS) is 2. The maximum absolute atomic E-state index is 12.8. The van der Waals surface area contributed by atoms with Crippen molar-refractivity contribution in [3.8, 4) is 0 Å². The predicted molar refractivity (Wildman–Crippen MR) is 102 cm³/mol. The Kier molecular flexibility index (Phi) is 9.82. The zero-order valence-corrected chi connectivity index (χ0v) is 16.9. The number of aliphatic carboxylic acids is 2. The van der Waals surface area contributed by atoms with Crippen LogP contribution in [0.1, 0.15) is 38.5 Å². The summed E-state index contributed by atoms with van der Waals surface area (Å²) in [5.41, 5.74) is 5.30. The molecule has 0 bridgehead atoms.